The van der Waals surface area contributed by atoms with Gasteiger partial charge < -0.3 is 5.11 Å². The van der Waals surface area contributed by atoms with E-state index in [2.05, 4.69) is 0 Å². The van der Waals surface area contributed by atoms with Crippen LogP contribution in [0.25, 0.3) is 0 Å². The maximum atomic E-state index is 12.1. The molecule has 86 valence electrons. The molecule has 1 aromatic rings. The van der Waals surface area contributed by atoms with E-state index in [9.17, 15) is 9.50 Å². The molecule has 0 spiro atoms. The average Bonchev–Trinajstić information content (AvgIpc) is 2.20. The first-order chi connectivity index (χ1) is 7.01. The maximum Gasteiger partial charge on any atom is 0.115 e. The van der Waals surface area contributed by atoms with Crippen LogP contribution < -0.4 is 0 Å². The highest BCUT2D eigenvalue weighted by molar-refractivity contribution is 5.23. The Morgan fingerprint density at radius 1 is 1.07 bits per heavy atom. The standard InChI is InChI=1S/C11H15FO.C2H6/c1-11(2,13)7-9-3-5-10(8-12)6-4-9;1-2/h3-6,13H,7-8H2,1-2H3;1-2H3. The molecule has 2 heteroatoms. The van der Waals surface area contributed by atoms with Crippen molar-refractivity contribution in [3.05, 3.63) is 35.4 Å². The zero-order valence-electron chi connectivity index (χ0n) is 10.0. The minimum absolute atomic E-state index is 0.428. The van der Waals surface area contributed by atoms with Crippen molar-refractivity contribution in [2.24, 2.45) is 0 Å². The van der Waals surface area contributed by atoms with E-state index in [1.807, 2.05) is 26.0 Å². The maximum absolute atomic E-state index is 12.1. The smallest absolute Gasteiger partial charge is 0.115 e. The van der Waals surface area contributed by atoms with Crippen LogP contribution in [0.1, 0.15) is 38.8 Å². The largest absolute Gasteiger partial charge is 0.390 e. The van der Waals surface area contributed by atoms with Crippen LogP contribution in [0, 0.1) is 0 Å². The highest BCUT2D eigenvalue weighted by Crippen LogP contribution is 2.13. The molecule has 1 aromatic carbocycles. The van der Waals surface area contributed by atoms with E-state index in [0.29, 0.717) is 12.0 Å². The zero-order valence-corrected chi connectivity index (χ0v) is 10.0. The van der Waals surface area contributed by atoms with Crippen LogP contribution in [0.2, 0.25) is 0 Å². The van der Waals surface area contributed by atoms with E-state index in [1.165, 1.54) is 0 Å². The van der Waals surface area contributed by atoms with Crippen LogP contribution in [0.15, 0.2) is 24.3 Å². The number of rotatable bonds is 3. The molecule has 0 saturated carbocycles. The van der Waals surface area contributed by atoms with E-state index >= 15 is 0 Å². The van der Waals surface area contributed by atoms with Crippen LogP contribution in [0.3, 0.4) is 0 Å². The number of halogens is 1. The molecule has 0 amide bonds. The number of alkyl halides is 1. The Bertz CT molecular complexity index is 259. The van der Waals surface area contributed by atoms with Crippen molar-refractivity contribution in [3.63, 3.8) is 0 Å². The van der Waals surface area contributed by atoms with Gasteiger partial charge in [0.2, 0.25) is 0 Å². The van der Waals surface area contributed by atoms with Gasteiger partial charge in [-0.3, -0.25) is 0 Å². The third-order valence-electron chi connectivity index (χ3n) is 1.81. The number of benzene rings is 1. The van der Waals surface area contributed by atoms with Crippen molar-refractivity contribution < 1.29 is 9.50 Å². The molecule has 0 heterocycles. The molecule has 0 aromatic heterocycles. The van der Waals surface area contributed by atoms with Crippen molar-refractivity contribution in [3.8, 4) is 0 Å². The Morgan fingerprint density at radius 3 is 1.80 bits per heavy atom. The molecule has 0 saturated heterocycles. The van der Waals surface area contributed by atoms with Crippen molar-refractivity contribution in [2.45, 2.75) is 46.4 Å². The molecule has 1 nitrogen and oxygen atoms in total. The second kappa shape index (κ2) is 6.57. The normalized spacial score (nSPS) is 10.5. The quantitative estimate of drug-likeness (QED) is 0.813. The molecule has 0 aliphatic heterocycles. The summed E-state index contributed by atoms with van der Waals surface area (Å²) in [7, 11) is 0. The van der Waals surface area contributed by atoms with Gasteiger partial charge in [0.15, 0.2) is 0 Å². The molecule has 0 radical (unpaired) electrons. The molecular formula is C13H21FO. The topological polar surface area (TPSA) is 20.2 Å². The second-order valence-corrected chi connectivity index (χ2v) is 3.94. The van der Waals surface area contributed by atoms with Gasteiger partial charge in [-0.25, -0.2) is 4.39 Å². The monoisotopic (exact) mass is 212 g/mol. The number of hydrogen-bond acceptors (Lipinski definition) is 1. The van der Waals surface area contributed by atoms with Gasteiger partial charge in [-0.2, -0.15) is 0 Å². The fourth-order valence-corrected chi connectivity index (χ4v) is 1.25. The highest BCUT2D eigenvalue weighted by Gasteiger charge is 2.12. The summed E-state index contributed by atoms with van der Waals surface area (Å²) in [5.74, 6) is 0. The average molecular weight is 212 g/mol. The summed E-state index contributed by atoms with van der Waals surface area (Å²) < 4.78 is 12.1. The van der Waals surface area contributed by atoms with Crippen LogP contribution in [0.5, 0.6) is 0 Å². The Morgan fingerprint density at radius 2 is 1.47 bits per heavy atom. The number of hydrogen-bond donors (Lipinski definition) is 1. The van der Waals surface area contributed by atoms with Crippen LogP contribution in [-0.4, -0.2) is 10.7 Å². The lowest BCUT2D eigenvalue weighted by Gasteiger charge is -2.16. The van der Waals surface area contributed by atoms with Crippen molar-refractivity contribution in [1.29, 1.82) is 0 Å². The van der Waals surface area contributed by atoms with Gasteiger partial charge in [0, 0.05) is 6.42 Å². The summed E-state index contributed by atoms with van der Waals surface area (Å²) in [6.45, 7) is 7.09. The van der Waals surface area contributed by atoms with Crippen molar-refractivity contribution >= 4 is 0 Å². The van der Waals surface area contributed by atoms with Gasteiger partial charge >= 0.3 is 0 Å². The lowest BCUT2D eigenvalue weighted by Crippen LogP contribution is -2.21. The van der Waals surface area contributed by atoms with Gasteiger partial charge in [-0.05, 0) is 25.0 Å². The summed E-state index contributed by atoms with van der Waals surface area (Å²) >= 11 is 0. The summed E-state index contributed by atoms with van der Waals surface area (Å²) in [4.78, 5) is 0. The summed E-state index contributed by atoms with van der Waals surface area (Å²) in [6, 6.07) is 7.21. The summed E-state index contributed by atoms with van der Waals surface area (Å²) in [6.07, 6.45) is 0.597. The predicted octanol–water partition coefficient (Wildman–Crippen LogP) is 3.50. The molecule has 1 N–H and O–H groups in total. The first-order valence-corrected chi connectivity index (χ1v) is 5.37. The molecule has 0 unspecified atom stereocenters. The van der Waals surface area contributed by atoms with Gasteiger partial charge in [-0.1, -0.05) is 38.1 Å². The third kappa shape index (κ3) is 6.24. The lowest BCUT2D eigenvalue weighted by atomic mass is 9.98. The molecule has 0 atom stereocenters. The van der Waals surface area contributed by atoms with E-state index in [0.717, 1.165) is 5.56 Å². The van der Waals surface area contributed by atoms with Gasteiger partial charge in [0.25, 0.3) is 0 Å². The first-order valence-electron chi connectivity index (χ1n) is 5.37. The first kappa shape index (κ1) is 14.1. The lowest BCUT2D eigenvalue weighted by molar-refractivity contribution is 0.0810. The van der Waals surface area contributed by atoms with Crippen LogP contribution in [-0.2, 0) is 13.1 Å². The van der Waals surface area contributed by atoms with E-state index < -0.39 is 12.3 Å². The minimum atomic E-state index is -0.697. The van der Waals surface area contributed by atoms with E-state index in [-0.39, 0.29) is 0 Å². The van der Waals surface area contributed by atoms with Crippen molar-refractivity contribution in [1.82, 2.24) is 0 Å². The van der Waals surface area contributed by atoms with Crippen LogP contribution in [0.4, 0.5) is 4.39 Å². The van der Waals surface area contributed by atoms with Crippen LogP contribution >= 0.6 is 0 Å². The molecule has 0 bridgehead atoms. The molecule has 15 heavy (non-hydrogen) atoms. The third-order valence-corrected chi connectivity index (χ3v) is 1.81. The zero-order chi connectivity index (χ0) is 11.9. The van der Waals surface area contributed by atoms with Gasteiger partial charge in [-0.15, -0.1) is 0 Å². The molecule has 0 aliphatic carbocycles. The highest BCUT2D eigenvalue weighted by atomic mass is 19.1. The van der Waals surface area contributed by atoms with E-state index in [4.69, 9.17) is 0 Å². The fraction of sp³-hybridized carbons (Fsp3) is 0.538. The Kier molecular flexibility index (Phi) is 6.18. The Labute approximate surface area is 92.0 Å². The fourth-order valence-electron chi connectivity index (χ4n) is 1.25. The molecule has 0 fully saturated rings. The van der Waals surface area contributed by atoms with Gasteiger partial charge in [0.1, 0.15) is 6.67 Å². The molecule has 0 aliphatic rings. The second-order valence-electron chi connectivity index (χ2n) is 3.94. The molecular weight excluding hydrogens is 191 g/mol. The number of aliphatic hydroxyl groups is 1. The van der Waals surface area contributed by atoms with Crippen molar-refractivity contribution in [2.75, 3.05) is 0 Å². The summed E-state index contributed by atoms with van der Waals surface area (Å²) in [5.41, 5.74) is 1.02. The SMILES string of the molecule is CC.CC(C)(O)Cc1ccc(CF)cc1. The predicted molar refractivity (Wildman–Crippen MR) is 62.6 cm³/mol. The summed E-state index contributed by atoms with van der Waals surface area (Å²) in [5, 5.41) is 9.52. The van der Waals surface area contributed by atoms with E-state index in [1.54, 1.807) is 26.0 Å². The Hall–Kier alpha value is -0.890. The minimum Gasteiger partial charge on any atom is -0.390 e. The Balaban J connectivity index is 0.000000921. The van der Waals surface area contributed by atoms with Gasteiger partial charge in [0.05, 0.1) is 5.60 Å². The molecule has 1 rings (SSSR count).